The maximum absolute atomic E-state index is 12.2. The van der Waals surface area contributed by atoms with E-state index >= 15 is 0 Å². The van der Waals surface area contributed by atoms with Gasteiger partial charge in [-0.15, -0.1) is 0 Å². The number of carboxylic acid groups (broad SMARTS) is 1. The minimum atomic E-state index is -0.916. The molecular formula is C13H19NO4S. The molecule has 1 aromatic rings. The molecule has 0 atom stereocenters. The van der Waals surface area contributed by atoms with Crippen molar-refractivity contribution < 1.29 is 19.1 Å². The second kappa shape index (κ2) is 7.23. The van der Waals surface area contributed by atoms with E-state index in [1.54, 1.807) is 23.9 Å². The van der Waals surface area contributed by atoms with Crippen LogP contribution in [0.1, 0.15) is 36.6 Å². The number of aliphatic carboxylic acids is 1. The standard InChI is InChI=1S/C13H19NO4S/c1-9(2)14(7-6-12(15)16)13(17)11-5-4-10(18-11)8-19-3/h4-5,9H,6-8H2,1-3H3,(H,15,16). The van der Waals surface area contributed by atoms with Crippen molar-refractivity contribution in [2.24, 2.45) is 0 Å². The molecule has 106 valence electrons. The number of amides is 1. The first-order valence-electron chi connectivity index (χ1n) is 6.06. The molecule has 1 N–H and O–H groups in total. The molecule has 0 saturated heterocycles. The van der Waals surface area contributed by atoms with Gasteiger partial charge < -0.3 is 14.4 Å². The van der Waals surface area contributed by atoms with Gasteiger partial charge in [-0.25, -0.2) is 0 Å². The fourth-order valence-electron chi connectivity index (χ4n) is 1.66. The third-order valence-corrected chi connectivity index (χ3v) is 3.18. The highest BCUT2D eigenvalue weighted by molar-refractivity contribution is 7.97. The van der Waals surface area contributed by atoms with Crippen molar-refractivity contribution >= 4 is 23.6 Å². The van der Waals surface area contributed by atoms with E-state index in [2.05, 4.69) is 0 Å². The number of hydrogen-bond acceptors (Lipinski definition) is 4. The van der Waals surface area contributed by atoms with Gasteiger partial charge in [0.1, 0.15) is 5.76 Å². The number of furan rings is 1. The summed E-state index contributed by atoms with van der Waals surface area (Å²) in [5.74, 6) is 0.551. The van der Waals surface area contributed by atoms with Crippen LogP contribution in [0.4, 0.5) is 0 Å². The quantitative estimate of drug-likeness (QED) is 0.833. The molecule has 1 heterocycles. The Kier molecular flexibility index (Phi) is 5.95. The number of carbonyl (C=O) groups excluding carboxylic acids is 1. The van der Waals surface area contributed by atoms with Gasteiger partial charge in [0.2, 0.25) is 0 Å². The normalized spacial score (nSPS) is 10.7. The highest BCUT2D eigenvalue weighted by Crippen LogP contribution is 2.16. The molecule has 0 aromatic carbocycles. The van der Waals surface area contributed by atoms with E-state index in [0.717, 1.165) is 5.76 Å². The molecule has 19 heavy (non-hydrogen) atoms. The van der Waals surface area contributed by atoms with Gasteiger partial charge in [0.15, 0.2) is 5.76 Å². The van der Waals surface area contributed by atoms with Gasteiger partial charge in [-0.3, -0.25) is 9.59 Å². The first-order chi connectivity index (χ1) is 8.95. The third kappa shape index (κ3) is 4.63. The van der Waals surface area contributed by atoms with E-state index in [9.17, 15) is 9.59 Å². The molecular weight excluding hydrogens is 266 g/mol. The van der Waals surface area contributed by atoms with Crippen molar-refractivity contribution in [3.63, 3.8) is 0 Å². The van der Waals surface area contributed by atoms with E-state index in [1.165, 1.54) is 4.90 Å². The summed E-state index contributed by atoms with van der Waals surface area (Å²) in [7, 11) is 0. The third-order valence-electron chi connectivity index (χ3n) is 2.61. The largest absolute Gasteiger partial charge is 0.481 e. The summed E-state index contributed by atoms with van der Waals surface area (Å²) < 4.78 is 5.46. The first kappa shape index (κ1) is 15.6. The predicted molar refractivity (Wildman–Crippen MR) is 74.4 cm³/mol. The van der Waals surface area contributed by atoms with E-state index < -0.39 is 5.97 Å². The molecule has 0 aliphatic carbocycles. The van der Waals surface area contributed by atoms with Gasteiger partial charge in [0.25, 0.3) is 5.91 Å². The average Bonchev–Trinajstić information content (AvgIpc) is 2.77. The number of carbonyl (C=O) groups is 2. The Labute approximate surface area is 117 Å². The molecule has 1 amide bonds. The van der Waals surface area contributed by atoms with Crippen LogP contribution in [0.25, 0.3) is 0 Å². The van der Waals surface area contributed by atoms with Crippen LogP contribution in [-0.2, 0) is 10.5 Å². The second-order valence-electron chi connectivity index (χ2n) is 4.44. The topological polar surface area (TPSA) is 70.8 Å². The molecule has 0 unspecified atom stereocenters. The minimum absolute atomic E-state index is 0.0672. The Bertz CT molecular complexity index is 442. The van der Waals surface area contributed by atoms with Crippen molar-refractivity contribution in [3.05, 3.63) is 23.7 Å². The van der Waals surface area contributed by atoms with Crippen LogP contribution in [0.2, 0.25) is 0 Å². The number of rotatable bonds is 7. The molecule has 0 bridgehead atoms. The molecule has 0 aliphatic rings. The number of carboxylic acids is 1. The van der Waals surface area contributed by atoms with Crippen molar-refractivity contribution in [3.8, 4) is 0 Å². The molecule has 0 aliphatic heterocycles. The molecule has 0 spiro atoms. The van der Waals surface area contributed by atoms with Gasteiger partial charge in [0.05, 0.1) is 12.2 Å². The highest BCUT2D eigenvalue weighted by Gasteiger charge is 2.22. The van der Waals surface area contributed by atoms with Crippen LogP contribution < -0.4 is 0 Å². The number of thioether (sulfide) groups is 1. The van der Waals surface area contributed by atoms with Crippen molar-refractivity contribution in [2.45, 2.75) is 32.1 Å². The zero-order valence-corrected chi connectivity index (χ0v) is 12.2. The summed E-state index contributed by atoms with van der Waals surface area (Å²) in [5.41, 5.74) is 0. The van der Waals surface area contributed by atoms with Crippen LogP contribution in [0.5, 0.6) is 0 Å². The fourth-order valence-corrected chi connectivity index (χ4v) is 2.10. The van der Waals surface area contributed by atoms with Crippen LogP contribution in [-0.4, -0.2) is 40.7 Å². The smallest absolute Gasteiger partial charge is 0.305 e. The zero-order valence-electron chi connectivity index (χ0n) is 11.4. The maximum Gasteiger partial charge on any atom is 0.305 e. The zero-order chi connectivity index (χ0) is 14.4. The molecule has 1 aromatic heterocycles. The van der Waals surface area contributed by atoms with Gasteiger partial charge in [-0.2, -0.15) is 11.8 Å². The summed E-state index contributed by atoms with van der Waals surface area (Å²) >= 11 is 1.61. The molecule has 0 saturated carbocycles. The molecule has 1 rings (SSSR count). The minimum Gasteiger partial charge on any atom is -0.481 e. The van der Waals surface area contributed by atoms with E-state index in [-0.39, 0.29) is 30.7 Å². The molecule has 0 fully saturated rings. The van der Waals surface area contributed by atoms with Crippen LogP contribution in [0, 0.1) is 0 Å². The summed E-state index contributed by atoms with van der Waals surface area (Å²) in [6.07, 6.45) is 1.89. The monoisotopic (exact) mass is 285 g/mol. The van der Waals surface area contributed by atoms with E-state index in [1.807, 2.05) is 20.1 Å². The van der Waals surface area contributed by atoms with Gasteiger partial charge in [0, 0.05) is 12.6 Å². The Balaban J connectivity index is 2.77. The lowest BCUT2D eigenvalue weighted by Crippen LogP contribution is -2.38. The SMILES string of the molecule is CSCc1ccc(C(=O)N(CCC(=O)O)C(C)C)o1. The maximum atomic E-state index is 12.2. The van der Waals surface area contributed by atoms with Crippen molar-refractivity contribution in [1.82, 2.24) is 4.90 Å². The summed E-state index contributed by atoms with van der Waals surface area (Å²) in [6.45, 7) is 3.89. The Morgan fingerprint density at radius 1 is 1.42 bits per heavy atom. The van der Waals surface area contributed by atoms with Crippen LogP contribution in [0.15, 0.2) is 16.5 Å². The van der Waals surface area contributed by atoms with E-state index in [4.69, 9.17) is 9.52 Å². The lowest BCUT2D eigenvalue weighted by Gasteiger charge is -2.25. The van der Waals surface area contributed by atoms with Gasteiger partial charge >= 0.3 is 5.97 Å². The summed E-state index contributed by atoms with van der Waals surface area (Å²) in [4.78, 5) is 24.4. The van der Waals surface area contributed by atoms with Crippen LogP contribution in [0.3, 0.4) is 0 Å². The van der Waals surface area contributed by atoms with Crippen LogP contribution >= 0.6 is 11.8 Å². The summed E-state index contributed by atoms with van der Waals surface area (Å²) in [6, 6.07) is 3.35. The Morgan fingerprint density at radius 2 is 2.11 bits per heavy atom. The molecule has 0 radical (unpaired) electrons. The van der Waals surface area contributed by atoms with Gasteiger partial charge in [-0.1, -0.05) is 0 Å². The Hall–Kier alpha value is -1.43. The summed E-state index contributed by atoms with van der Waals surface area (Å²) in [5, 5.41) is 8.71. The predicted octanol–water partition coefficient (Wildman–Crippen LogP) is 2.47. The fraction of sp³-hybridized carbons (Fsp3) is 0.538. The highest BCUT2D eigenvalue weighted by atomic mass is 32.2. The van der Waals surface area contributed by atoms with Crippen molar-refractivity contribution in [2.75, 3.05) is 12.8 Å². The average molecular weight is 285 g/mol. The lowest BCUT2D eigenvalue weighted by atomic mass is 10.2. The number of hydrogen-bond donors (Lipinski definition) is 1. The lowest BCUT2D eigenvalue weighted by molar-refractivity contribution is -0.137. The first-order valence-corrected chi connectivity index (χ1v) is 7.45. The Morgan fingerprint density at radius 3 is 2.63 bits per heavy atom. The molecule has 5 nitrogen and oxygen atoms in total. The van der Waals surface area contributed by atoms with Gasteiger partial charge in [-0.05, 0) is 32.2 Å². The van der Waals surface area contributed by atoms with E-state index in [0.29, 0.717) is 5.75 Å². The molecule has 6 heteroatoms. The van der Waals surface area contributed by atoms with Crippen molar-refractivity contribution in [1.29, 1.82) is 0 Å². The number of nitrogens with zero attached hydrogens (tertiary/aromatic N) is 1. The second-order valence-corrected chi connectivity index (χ2v) is 5.30.